The zero-order valence-electron chi connectivity index (χ0n) is 17.7. The molecule has 0 saturated heterocycles. The Morgan fingerprint density at radius 1 is 0.893 bits per heavy atom. The van der Waals surface area contributed by atoms with Crippen molar-refractivity contribution < 1.29 is 18.3 Å². The SMILES string of the molecule is CCOc1ccc(OCC2CCC3CC(CCC(C)C)CCC3C2)c(F)c1F. The third-order valence-electron chi connectivity index (χ3n) is 6.77. The molecule has 2 aliphatic rings. The second-order valence-electron chi connectivity index (χ2n) is 9.28. The molecule has 0 bridgehead atoms. The Balaban J connectivity index is 1.48. The fourth-order valence-electron chi connectivity index (χ4n) is 5.17. The third-order valence-corrected chi connectivity index (χ3v) is 6.77. The van der Waals surface area contributed by atoms with Gasteiger partial charge in [0.25, 0.3) is 0 Å². The monoisotopic (exact) mass is 394 g/mol. The molecule has 3 rings (SSSR count). The lowest BCUT2D eigenvalue weighted by Crippen LogP contribution is -2.33. The van der Waals surface area contributed by atoms with Gasteiger partial charge in [-0.25, -0.2) is 0 Å². The lowest BCUT2D eigenvalue weighted by molar-refractivity contribution is 0.0727. The Morgan fingerprint density at radius 2 is 1.46 bits per heavy atom. The number of fused-ring (bicyclic) bond motifs is 1. The van der Waals surface area contributed by atoms with Crippen LogP contribution in [-0.4, -0.2) is 13.2 Å². The first-order valence-electron chi connectivity index (χ1n) is 11.2. The standard InChI is InChI=1S/C24H36F2O2/c1-4-27-21-11-12-22(24(26)23(21)25)28-15-18-8-10-19-13-17(6-5-16(2)3)7-9-20(19)14-18/h11-12,16-20H,4-10,13-15H2,1-3H3. The van der Waals surface area contributed by atoms with Gasteiger partial charge in [-0.05, 0) is 80.8 Å². The fourth-order valence-corrected chi connectivity index (χ4v) is 5.17. The van der Waals surface area contributed by atoms with Crippen LogP contribution in [0, 0.1) is 41.2 Å². The minimum absolute atomic E-state index is 0.000435. The molecule has 4 heteroatoms. The number of halogens is 2. The summed E-state index contributed by atoms with van der Waals surface area (Å²) in [6, 6.07) is 2.93. The van der Waals surface area contributed by atoms with Crippen LogP contribution in [0.4, 0.5) is 8.78 Å². The summed E-state index contributed by atoms with van der Waals surface area (Å²) >= 11 is 0. The van der Waals surface area contributed by atoms with Crippen LogP contribution in [0.5, 0.6) is 11.5 Å². The molecule has 28 heavy (non-hydrogen) atoms. The molecule has 158 valence electrons. The van der Waals surface area contributed by atoms with E-state index < -0.39 is 11.6 Å². The van der Waals surface area contributed by atoms with E-state index in [9.17, 15) is 8.78 Å². The van der Waals surface area contributed by atoms with E-state index in [2.05, 4.69) is 13.8 Å². The van der Waals surface area contributed by atoms with Crippen molar-refractivity contribution in [2.45, 2.75) is 72.1 Å². The summed E-state index contributed by atoms with van der Waals surface area (Å²) in [5.74, 6) is 1.87. The Labute approximate surface area is 169 Å². The fraction of sp³-hybridized carbons (Fsp3) is 0.750. The molecule has 4 atom stereocenters. The highest BCUT2D eigenvalue weighted by molar-refractivity contribution is 5.35. The minimum Gasteiger partial charge on any atom is -0.491 e. The number of rotatable bonds is 8. The van der Waals surface area contributed by atoms with Gasteiger partial charge in [0.2, 0.25) is 11.6 Å². The van der Waals surface area contributed by atoms with E-state index in [4.69, 9.17) is 9.47 Å². The molecule has 1 aromatic rings. The summed E-state index contributed by atoms with van der Waals surface area (Å²) in [5.41, 5.74) is 0. The number of hydrogen-bond acceptors (Lipinski definition) is 2. The molecular formula is C24H36F2O2. The maximum atomic E-state index is 14.2. The van der Waals surface area contributed by atoms with Gasteiger partial charge in [0.05, 0.1) is 13.2 Å². The van der Waals surface area contributed by atoms with Crippen LogP contribution in [0.25, 0.3) is 0 Å². The van der Waals surface area contributed by atoms with E-state index in [0.29, 0.717) is 19.1 Å². The van der Waals surface area contributed by atoms with E-state index >= 15 is 0 Å². The molecule has 4 unspecified atom stereocenters. The van der Waals surface area contributed by atoms with Crippen LogP contribution in [-0.2, 0) is 0 Å². The third kappa shape index (κ3) is 5.39. The van der Waals surface area contributed by atoms with Crippen LogP contribution in [0.2, 0.25) is 0 Å². The average molecular weight is 395 g/mol. The normalized spacial score (nSPS) is 27.5. The number of benzene rings is 1. The molecule has 0 radical (unpaired) electrons. The van der Waals surface area contributed by atoms with Gasteiger partial charge < -0.3 is 9.47 Å². The summed E-state index contributed by atoms with van der Waals surface area (Å²) in [4.78, 5) is 0. The maximum absolute atomic E-state index is 14.2. The molecule has 2 aliphatic carbocycles. The second kappa shape index (κ2) is 9.93. The molecule has 0 spiro atoms. The van der Waals surface area contributed by atoms with Crippen molar-refractivity contribution in [1.82, 2.24) is 0 Å². The van der Waals surface area contributed by atoms with Gasteiger partial charge in [0, 0.05) is 0 Å². The second-order valence-corrected chi connectivity index (χ2v) is 9.28. The molecule has 0 N–H and O–H groups in total. The van der Waals surface area contributed by atoms with E-state index in [1.54, 1.807) is 6.92 Å². The van der Waals surface area contributed by atoms with Gasteiger partial charge >= 0.3 is 0 Å². The Morgan fingerprint density at radius 3 is 2.07 bits per heavy atom. The van der Waals surface area contributed by atoms with Gasteiger partial charge in [-0.2, -0.15) is 8.78 Å². The Hall–Kier alpha value is -1.32. The average Bonchev–Trinajstić information content (AvgIpc) is 2.69. The topological polar surface area (TPSA) is 18.5 Å². The van der Waals surface area contributed by atoms with Crippen molar-refractivity contribution in [3.05, 3.63) is 23.8 Å². The first-order chi connectivity index (χ1) is 13.5. The van der Waals surface area contributed by atoms with Crippen LogP contribution < -0.4 is 9.47 Å². The van der Waals surface area contributed by atoms with E-state index in [0.717, 1.165) is 30.1 Å². The highest BCUT2D eigenvalue weighted by Crippen LogP contribution is 2.46. The quantitative estimate of drug-likeness (QED) is 0.472. The highest BCUT2D eigenvalue weighted by Gasteiger charge is 2.35. The summed E-state index contributed by atoms with van der Waals surface area (Å²) < 4.78 is 39.0. The van der Waals surface area contributed by atoms with Gasteiger partial charge in [-0.15, -0.1) is 0 Å². The molecule has 0 heterocycles. The predicted octanol–water partition coefficient (Wildman–Crippen LogP) is 7.01. The Bertz CT molecular complexity index is 631. The highest BCUT2D eigenvalue weighted by atomic mass is 19.2. The van der Waals surface area contributed by atoms with Gasteiger partial charge in [-0.1, -0.05) is 33.1 Å². The van der Waals surface area contributed by atoms with Crippen LogP contribution in [0.1, 0.15) is 72.1 Å². The molecule has 2 fully saturated rings. The lowest BCUT2D eigenvalue weighted by Gasteiger charge is -2.42. The van der Waals surface area contributed by atoms with Gasteiger partial charge in [0.15, 0.2) is 11.5 Å². The van der Waals surface area contributed by atoms with Crippen molar-refractivity contribution in [1.29, 1.82) is 0 Å². The van der Waals surface area contributed by atoms with Crippen LogP contribution >= 0.6 is 0 Å². The number of hydrogen-bond donors (Lipinski definition) is 0. The molecule has 1 aromatic carbocycles. The van der Waals surface area contributed by atoms with E-state index in [1.165, 1.54) is 57.1 Å². The van der Waals surface area contributed by atoms with Gasteiger partial charge in [-0.3, -0.25) is 0 Å². The zero-order chi connectivity index (χ0) is 20.1. The van der Waals surface area contributed by atoms with Crippen molar-refractivity contribution in [3.8, 4) is 11.5 Å². The summed E-state index contributed by atoms with van der Waals surface area (Å²) in [6.45, 7) is 7.16. The summed E-state index contributed by atoms with van der Waals surface area (Å²) in [7, 11) is 0. The lowest BCUT2D eigenvalue weighted by atomic mass is 9.64. The minimum atomic E-state index is -0.956. The molecule has 0 aliphatic heterocycles. The van der Waals surface area contributed by atoms with E-state index in [-0.39, 0.29) is 11.5 Å². The largest absolute Gasteiger partial charge is 0.491 e. The predicted molar refractivity (Wildman–Crippen MR) is 109 cm³/mol. The van der Waals surface area contributed by atoms with Crippen LogP contribution in [0.15, 0.2) is 12.1 Å². The maximum Gasteiger partial charge on any atom is 0.204 e. The summed E-state index contributed by atoms with van der Waals surface area (Å²) in [5, 5.41) is 0. The van der Waals surface area contributed by atoms with Crippen molar-refractivity contribution in [2.75, 3.05) is 13.2 Å². The van der Waals surface area contributed by atoms with Crippen LogP contribution in [0.3, 0.4) is 0 Å². The molecule has 2 nitrogen and oxygen atoms in total. The zero-order valence-corrected chi connectivity index (χ0v) is 17.7. The van der Waals surface area contributed by atoms with Crippen molar-refractivity contribution >= 4 is 0 Å². The van der Waals surface area contributed by atoms with Crippen molar-refractivity contribution in [3.63, 3.8) is 0 Å². The number of ether oxygens (including phenoxy) is 2. The molecule has 0 aromatic heterocycles. The van der Waals surface area contributed by atoms with Gasteiger partial charge in [0.1, 0.15) is 0 Å². The molecule has 0 amide bonds. The van der Waals surface area contributed by atoms with E-state index in [1.807, 2.05) is 0 Å². The Kier molecular flexibility index (Phi) is 7.59. The smallest absolute Gasteiger partial charge is 0.204 e. The molecule has 2 saturated carbocycles. The summed E-state index contributed by atoms with van der Waals surface area (Å²) in [6.07, 6.45) is 10.4. The first kappa shape index (κ1) is 21.4. The first-order valence-corrected chi connectivity index (χ1v) is 11.2. The van der Waals surface area contributed by atoms with Crippen molar-refractivity contribution in [2.24, 2.45) is 29.6 Å². The molecular weight excluding hydrogens is 358 g/mol.